The summed E-state index contributed by atoms with van der Waals surface area (Å²) >= 11 is 0. The second kappa shape index (κ2) is 8.78. The third kappa shape index (κ3) is 4.52. The summed E-state index contributed by atoms with van der Waals surface area (Å²) in [7, 11) is 0. The molecule has 0 unspecified atom stereocenters. The standard InChI is InChI=1S/C26H21N3O3/c1-16-11-23-24(12-17(16)2)29-25(28-23)21(14-27)13-18-5-9-22(10-6-18)32-15-19-3-7-20(8-4-19)26(30)31/h3-13H,15H2,1-2H3,(H,28,29)(H,30,31)/b21-13+. The number of benzene rings is 3. The fourth-order valence-corrected chi connectivity index (χ4v) is 3.29. The highest BCUT2D eigenvalue weighted by Crippen LogP contribution is 2.23. The van der Waals surface area contributed by atoms with E-state index in [0.717, 1.165) is 27.7 Å². The minimum absolute atomic E-state index is 0.243. The summed E-state index contributed by atoms with van der Waals surface area (Å²) < 4.78 is 5.77. The number of carboxylic acid groups (broad SMARTS) is 1. The van der Waals surface area contributed by atoms with E-state index in [1.165, 1.54) is 5.56 Å². The number of aromatic amines is 1. The molecular formula is C26H21N3O3. The zero-order chi connectivity index (χ0) is 22.7. The molecular weight excluding hydrogens is 402 g/mol. The summed E-state index contributed by atoms with van der Waals surface area (Å²) in [5, 5.41) is 18.6. The van der Waals surface area contributed by atoms with Crippen LogP contribution in [0.4, 0.5) is 0 Å². The van der Waals surface area contributed by atoms with Gasteiger partial charge in [-0.2, -0.15) is 5.26 Å². The van der Waals surface area contributed by atoms with Gasteiger partial charge in [0.05, 0.1) is 22.2 Å². The summed E-state index contributed by atoms with van der Waals surface area (Å²) in [6.07, 6.45) is 1.78. The molecule has 4 rings (SSSR count). The van der Waals surface area contributed by atoms with Crippen molar-refractivity contribution in [3.8, 4) is 11.8 Å². The van der Waals surface area contributed by atoms with Gasteiger partial charge in [-0.15, -0.1) is 0 Å². The van der Waals surface area contributed by atoms with Crippen molar-refractivity contribution in [3.05, 3.63) is 94.3 Å². The molecule has 158 valence electrons. The van der Waals surface area contributed by atoms with Gasteiger partial charge >= 0.3 is 5.97 Å². The molecule has 6 heteroatoms. The molecule has 0 amide bonds. The Kier molecular flexibility index (Phi) is 5.73. The van der Waals surface area contributed by atoms with Crippen molar-refractivity contribution < 1.29 is 14.6 Å². The number of aromatic carboxylic acids is 1. The van der Waals surface area contributed by atoms with Gasteiger partial charge in [-0.05, 0) is 78.6 Å². The number of hydrogen-bond donors (Lipinski definition) is 2. The highest BCUT2D eigenvalue weighted by atomic mass is 16.5. The molecule has 0 aliphatic heterocycles. The first-order valence-electron chi connectivity index (χ1n) is 10.1. The van der Waals surface area contributed by atoms with Crippen LogP contribution >= 0.6 is 0 Å². The van der Waals surface area contributed by atoms with Crippen LogP contribution in [0.5, 0.6) is 5.75 Å². The van der Waals surface area contributed by atoms with Gasteiger partial charge in [-0.1, -0.05) is 24.3 Å². The maximum atomic E-state index is 10.9. The molecule has 0 atom stereocenters. The Morgan fingerprint density at radius 3 is 2.44 bits per heavy atom. The normalized spacial score (nSPS) is 11.3. The largest absolute Gasteiger partial charge is 0.489 e. The second-order valence-corrected chi connectivity index (χ2v) is 7.57. The van der Waals surface area contributed by atoms with E-state index in [4.69, 9.17) is 9.84 Å². The first-order chi connectivity index (χ1) is 15.4. The lowest BCUT2D eigenvalue weighted by Crippen LogP contribution is -1.98. The fraction of sp³-hybridized carbons (Fsp3) is 0.115. The number of carbonyl (C=O) groups is 1. The molecule has 4 aromatic rings. The number of nitrogens with zero attached hydrogens (tertiary/aromatic N) is 2. The molecule has 3 aromatic carbocycles. The van der Waals surface area contributed by atoms with E-state index in [0.29, 0.717) is 23.8 Å². The number of carboxylic acids is 1. The SMILES string of the molecule is Cc1cc2nc(/C(C#N)=C/c3ccc(OCc4ccc(C(=O)O)cc4)cc3)[nH]c2cc1C. The van der Waals surface area contributed by atoms with Crippen molar-refractivity contribution in [2.45, 2.75) is 20.5 Å². The number of allylic oxidation sites excluding steroid dienone is 1. The minimum Gasteiger partial charge on any atom is -0.489 e. The lowest BCUT2D eigenvalue weighted by molar-refractivity contribution is 0.0697. The molecule has 1 heterocycles. The number of rotatable bonds is 6. The van der Waals surface area contributed by atoms with E-state index in [9.17, 15) is 10.1 Å². The van der Waals surface area contributed by atoms with E-state index < -0.39 is 5.97 Å². The topological polar surface area (TPSA) is 99.0 Å². The van der Waals surface area contributed by atoms with Crippen molar-refractivity contribution >= 4 is 28.7 Å². The second-order valence-electron chi connectivity index (χ2n) is 7.57. The van der Waals surface area contributed by atoms with Crippen LogP contribution in [0.15, 0.2) is 60.7 Å². The number of aromatic nitrogens is 2. The maximum absolute atomic E-state index is 10.9. The van der Waals surface area contributed by atoms with Crippen molar-refractivity contribution in [1.82, 2.24) is 9.97 Å². The molecule has 0 fully saturated rings. The maximum Gasteiger partial charge on any atom is 0.335 e. The number of fused-ring (bicyclic) bond motifs is 1. The monoisotopic (exact) mass is 423 g/mol. The van der Waals surface area contributed by atoms with Gasteiger partial charge in [0.15, 0.2) is 0 Å². The van der Waals surface area contributed by atoms with Crippen LogP contribution in [-0.4, -0.2) is 21.0 Å². The first-order valence-corrected chi connectivity index (χ1v) is 10.1. The van der Waals surface area contributed by atoms with Crippen LogP contribution in [0.1, 0.15) is 38.4 Å². The van der Waals surface area contributed by atoms with E-state index in [1.54, 1.807) is 30.3 Å². The number of imidazole rings is 1. The van der Waals surface area contributed by atoms with E-state index in [2.05, 4.69) is 16.0 Å². The number of ether oxygens (including phenoxy) is 1. The molecule has 2 N–H and O–H groups in total. The van der Waals surface area contributed by atoms with E-state index in [-0.39, 0.29) is 5.56 Å². The predicted molar refractivity (Wildman–Crippen MR) is 123 cm³/mol. The Hall–Kier alpha value is -4.37. The molecule has 0 aliphatic rings. The highest BCUT2D eigenvalue weighted by Gasteiger charge is 2.09. The Bertz CT molecular complexity index is 1320. The van der Waals surface area contributed by atoms with Gasteiger partial charge in [0.2, 0.25) is 0 Å². The Morgan fingerprint density at radius 1 is 1.09 bits per heavy atom. The molecule has 0 spiro atoms. The van der Waals surface area contributed by atoms with E-state index >= 15 is 0 Å². The Labute approximate surface area is 185 Å². The third-order valence-corrected chi connectivity index (χ3v) is 5.27. The number of nitrogens with one attached hydrogen (secondary N) is 1. The third-order valence-electron chi connectivity index (χ3n) is 5.27. The molecule has 0 saturated carbocycles. The molecule has 6 nitrogen and oxygen atoms in total. The summed E-state index contributed by atoms with van der Waals surface area (Å²) in [6.45, 7) is 4.42. The number of aryl methyl sites for hydroxylation is 2. The number of hydrogen-bond acceptors (Lipinski definition) is 4. The lowest BCUT2D eigenvalue weighted by atomic mass is 10.1. The van der Waals surface area contributed by atoms with Gasteiger partial charge in [0, 0.05) is 0 Å². The van der Waals surface area contributed by atoms with Gasteiger partial charge in [-0.3, -0.25) is 0 Å². The highest BCUT2D eigenvalue weighted by molar-refractivity contribution is 5.90. The van der Waals surface area contributed by atoms with Gasteiger partial charge in [0.25, 0.3) is 0 Å². The van der Waals surface area contributed by atoms with E-state index in [1.807, 2.05) is 50.2 Å². The molecule has 1 aromatic heterocycles. The predicted octanol–water partition coefficient (Wildman–Crippen LogP) is 5.52. The summed E-state index contributed by atoms with van der Waals surface area (Å²) in [5.74, 6) is 0.265. The smallest absolute Gasteiger partial charge is 0.335 e. The van der Waals surface area contributed by atoms with Gasteiger partial charge in [-0.25, -0.2) is 9.78 Å². The summed E-state index contributed by atoms with van der Waals surface area (Å²) in [5.41, 5.74) is 6.49. The fourth-order valence-electron chi connectivity index (χ4n) is 3.29. The lowest BCUT2D eigenvalue weighted by Gasteiger charge is -2.07. The zero-order valence-electron chi connectivity index (χ0n) is 17.7. The van der Waals surface area contributed by atoms with Crippen LogP contribution in [0.3, 0.4) is 0 Å². The first kappa shape index (κ1) is 20.9. The van der Waals surface area contributed by atoms with Crippen molar-refractivity contribution in [1.29, 1.82) is 5.26 Å². The molecule has 0 radical (unpaired) electrons. The molecule has 32 heavy (non-hydrogen) atoms. The van der Waals surface area contributed by atoms with Crippen molar-refractivity contribution in [2.75, 3.05) is 0 Å². The minimum atomic E-state index is -0.953. The zero-order valence-corrected chi connectivity index (χ0v) is 17.7. The molecule has 0 aliphatic carbocycles. The molecule has 0 bridgehead atoms. The summed E-state index contributed by atoms with van der Waals surface area (Å²) in [4.78, 5) is 18.7. The summed E-state index contributed by atoms with van der Waals surface area (Å²) in [6, 6.07) is 20.3. The van der Waals surface area contributed by atoms with Crippen molar-refractivity contribution in [3.63, 3.8) is 0 Å². The van der Waals surface area contributed by atoms with Crippen LogP contribution in [0.25, 0.3) is 22.7 Å². The Balaban J connectivity index is 1.48. The van der Waals surface area contributed by atoms with Gasteiger partial charge in [0.1, 0.15) is 24.3 Å². The quantitative estimate of drug-likeness (QED) is 0.398. The number of nitriles is 1. The Morgan fingerprint density at radius 2 is 1.78 bits per heavy atom. The van der Waals surface area contributed by atoms with Crippen LogP contribution in [-0.2, 0) is 6.61 Å². The molecule has 0 saturated heterocycles. The average molecular weight is 423 g/mol. The van der Waals surface area contributed by atoms with Crippen molar-refractivity contribution in [2.24, 2.45) is 0 Å². The van der Waals surface area contributed by atoms with Crippen LogP contribution in [0, 0.1) is 25.2 Å². The number of H-pyrrole nitrogens is 1. The van der Waals surface area contributed by atoms with Crippen LogP contribution in [0.2, 0.25) is 0 Å². The van der Waals surface area contributed by atoms with Gasteiger partial charge < -0.3 is 14.8 Å². The average Bonchev–Trinajstić information content (AvgIpc) is 3.19. The van der Waals surface area contributed by atoms with Crippen LogP contribution < -0.4 is 4.74 Å².